The van der Waals surface area contributed by atoms with Crippen LogP contribution in [0.4, 0.5) is 0 Å². The van der Waals surface area contributed by atoms with Gasteiger partial charge in [0.2, 0.25) is 9.84 Å². The van der Waals surface area contributed by atoms with Crippen molar-refractivity contribution in [2.75, 3.05) is 0 Å². The summed E-state index contributed by atoms with van der Waals surface area (Å²) in [5.41, 5.74) is 2.99. The highest BCUT2D eigenvalue weighted by Crippen LogP contribution is 2.35. The van der Waals surface area contributed by atoms with Crippen molar-refractivity contribution in [3.8, 4) is 0 Å². The zero-order valence-electron chi connectivity index (χ0n) is 13.5. The van der Waals surface area contributed by atoms with Gasteiger partial charge in [0.25, 0.3) is 0 Å². The molecule has 0 amide bonds. The first-order chi connectivity index (χ1) is 11.5. The Morgan fingerprint density at radius 1 is 0.792 bits per heavy atom. The molecule has 0 N–H and O–H groups in total. The molecule has 4 rings (SSSR count). The van der Waals surface area contributed by atoms with Gasteiger partial charge in [-0.3, -0.25) is 0 Å². The molecule has 0 atom stereocenters. The number of hydrogen-bond acceptors (Lipinski definition) is 2. The van der Waals surface area contributed by atoms with Crippen LogP contribution in [0.25, 0.3) is 21.8 Å². The summed E-state index contributed by atoms with van der Waals surface area (Å²) in [4.78, 5) is 0.689. The number of aromatic nitrogens is 1. The zero-order valence-corrected chi connectivity index (χ0v) is 14.3. The van der Waals surface area contributed by atoms with Crippen LogP contribution in [0.15, 0.2) is 76.5 Å². The molecule has 3 nitrogen and oxygen atoms in total. The molecule has 3 aromatic carbocycles. The highest BCUT2D eigenvalue weighted by molar-refractivity contribution is 7.91. The summed E-state index contributed by atoms with van der Waals surface area (Å²) in [7, 11) is -1.61. The van der Waals surface area contributed by atoms with Crippen LogP contribution in [0.3, 0.4) is 0 Å². The minimum Gasteiger partial charge on any atom is -0.344 e. The van der Waals surface area contributed by atoms with Gasteiger partial charge in [-0.2, -0.15) is 0 Å². The van der Waals surface area contributed by atoms with E-state index < -0.39 is 9.84 Å². The Hall–Kier alpha value is -2.59. The third kappa shape index (κ3) is 2.07. The summed E-state index contributed by atoms with van der Waals surface area (Å²) in [6.45, 7) is 1.95. The fourth-order valence-corrected chi connectivity index (χ4v) is 4.73. The molecular weight excluding hydrogens is 318 g/mol. The van der Waals surface area contributed by atoms with E-state index in [9.17, 15) is 8.42 Å². The maximum absolute atomic E-state index is 13.2. The largest absolute Gasteiger partial charge is 0.344 e. The van der Waals surface area contributed by atoms with Crippen molar-refractivity contribution in [1.82, 2.24) is 4.57 Å². The molecule has 0 aliphatic heterocycles. The van der Waals surface area contributed by atoms with E-state index in [2.05, 4.69) is 0 Å². The predicted molar refractivity (Wildman–Crippen MR) is 97.1 cm³/mol. The number of fused-ring (bicyclic) bond motifs is 3. The second-order valence-electron chi connectivity index (χ2n) is 6.04. The van der Waals surface area contributed by atoms with E-state index in [1.165, 1.54) is 0 Å². The molecule has 4 aromatic rings. The number of para-hydroxylation sites is 1. The van der Waals surface area contributed by atoms with Crippen molar-refractivity contribution in [2.45, 2.75) is 16.7 Å². The fraction of sp³-hybridized carbons (Fsp3) is 0.100. The summed E-state index contributed by atoms with van der Waals surface area (Å²) in [5.74, 6) is 0. The topological polar surface area (TPSA) is 39.1 Å². The Balaban J connectivity index is 2.11. The van der Waals surface area contributed by atoms with E-state index in [1.807, 2.05) is 67.1 Å². The van der Waals surface area contributed by atoms with Gasteiger partial charge in [0.1, 0.15) is 0 Å². The van der Waals surface area contributed by atoms with Gasteiger partial charge in [-0.15, -0.1) is 0 Å². The second-order valence-corrected chi connectivity index (χ2v) is 7.96. The lowest BCUT2D eigenvalue weighted by Gasteiger charge is -2.07. The summed E-state index contributed by atoms with van der Waals surface area (Å²) in [6.07, 6.45) is 0. The third-order valence-corrected chi connectivity index (χ3v) is 6.33. The number of nitrogens with zero attached hydrogens (tertiary/aromatic N) is 1. The first kappa shape index (κ1) is 15.0. The van der Waals surface area contributed by atoms with Crippen LogP contribution in [-0.4, -0.2) is 13.0 Å². The van der Waals surface area contributed by atoms with Crippen molar-refractivity contribution in [2.24, 2.45) is 7.05 Å². The number of sulfone groups is 1. The first-order valence-electron chi connectivity index (χ1n) is 7.78. The quantitative estimate of drug-likeness (QED) is 0.542. The van der Waals surface area contributed by atoms with Crippen LogP contribution in [0.5, 0.6) is 0 Å². The molecule has 0 aliphatic rings. The van der Waals surface area contributed by atoms with E-state index in [4.69, 9.17) is 0 Å². The van der Waals surface area contributed by atoms with E-state index in [1.54, 1.807) is 18.2 Å². The minimum atomic E-state index is -3.57. The standard InChI is InChI=1S/C20H17NO2S/c1-14-10-12-15(13-11-14)24(22,23)19-9-5-8-18-20(19)16-6-3-4-7-17(16)21(18)2/h3-13H,1-2H3. The van der Waals surface area contributed by atoms with Crippen LogP contribution < -0.4 is 0 Å². The van der Waals surface area contributed by atoms with E-state index in [-0.39, 0.29) is 0 Å². The predicted octanol–water partition coefficient (Wildman–Crippen LogP) is 4.47. The summed E-state index contributed by atoms with van der Waals surface area (Å²) >= 11 is 0. The Labute approximate surface area is 141 Å². The molecule has 0 fully saturated rings. The molecule has 1 aromatic heterocycles. The zero-order chi connectivity index (χ0) is 16.9. The Morgan fingerprint density at radius 3 is 2.21 bits per heavy atom. The van der Waals surface area contributed by atoms with Gasteiger partial charge in [0.15, 0.2) is 0 Å². The van der Waals surface area contributed by atoms with E-state index in [0.717, 1.165) is 27.4 Å². The molecule has 0 saturated carbocycles. The molecule has 24 heavy (non-hydrogen) atoms. The lowest BCUT2D eigenvalue weighted by Crippen LogP contribution is -2.02. The maximum atomic E-state index is 13.2. The molecule has 0 unspecified atom stereocenters. The van der Waals surface area contributed by atoms with Crippen molar-refractivity contribution in [1.29, 1.82) is 0 Å². The lowest BCUT2D eigenvalue weighted by atomic mass is 10.1. The van der Waals surface area contributed by atoms with Gasteiger partial charge in [-0.05, 0) is 37.3 Å². The molecule has 1 heterocycles. The van der Waals surface area contributed by atoms with Crippen molar-refractivity contribution in [3.05, 3.63) is 72.3 Å². The number of benzene rings is 3. The third-order valence-electron chi connectivity index (χ3n) is 4.52. The van der Waals surface area contributed by atoms with Gasteiger partial charge in [-0.1, -0.05) is 42.0 Å². The molecule has 4 heteroatoms. The Kier molecular flexibility index (Phi) is 3.25. The lowest BCUT2D eigenvalue weighted by molar-refractivity contribution is 0.597. The van der Waals surface area contributed by atoms with Crippen molar-refractivity contribution in [3.63, 3.8) is 0 Å². The van der Waals surface area contributed by atoms with Crippen molar-refractivity contribution >= 4 is 31.6 Å². The normalized spacial score (nSPS) is 12.1. The summed E-state index contributed by atoms with van der Waals surface area (Å²) in [6, 6.07) is 20.4. The number of aryl methyl sites for hydroxylation is 2. The number of rotatable bonds is 2. The fourth-order valence-electron chi connectivity index (χ4n) is 3.25. The smallest absolute Gasteiger partial charge is 0.207 e. The van der Waals surface area contributed by atoms with Gasteiger partial charge in [-0.25, -0.2) is 8.42 Å². The molecule has 0 radical (unpaired) electrons. The van der Waals surface area contributed by atoms with Crippen LogP contribution in [0, 0.1) is 6.92 Å². The van der Waals surface area contributed by atoms with E-state index in [0.29, 0.717) is 9.79 Å². The highest BCUT2D eigenvalue weighted by atomic mass is 32.2. The minimum absolute atomic E-state index is 0.327. The van der Waals surface area contributed by atoms with Gasteiger partial charge in [0, 0.05) is 23.3 Å². The maximum Gasteiger partial charge on any atom is 0.207 e. The van der Waals surface area contributed by atoms with Crippen LogP contribution in [-0.2, 0) is 16.9 Å². The van der Waals surface area contributed by atoms with E-state index >= 15 is 0 Å². The van der Waals surface area contributed by atoms with Crippen molar-refractivity contribution < 1.29 is 8.42 Å². The summed E-state index contributed by atoms with van der Waals surface area (Å²) < 4.78 is 28.4. The van der Waals surface area contributed by atoms with Crippen LogP contribution >= 0.6 is 0 Å². The molecular formula is C20H17NO2S. The second kappa shape index (κ2) is 5.21. The molecule has 0 spiro atoms. The van der Waals surface area contributed by atoms with Gasteiger partial charge in [0.05, 0.1) is 15.3 Å². The SMILES string of the molecule is Cc1ccc(S(=O)(=O)c2cccc3c2c2ccccc2n3C)cc1. The van der Waals surface area contributed by atoms with Crippen LogP contribution in [0.1, 0.15) is 5.56 Å². The highest BCUT2D eigenvalue weighted by Gasteiger charge is 2.23. The Morgan fingerprint density at radius 2 is 1.46 bits per heavy atom. The van der Waals surface area contributed by atoms with Gasteiger partial charge < -0.3 is 4.57 Å². The monoisotopic (exact) mass is 335 g/mol. The van der Waals surface area contributed by atoms with Gasteiger partial charge >= 0.3 is 0 Å². The first-order valence-corrected chi connectivity index (χ1v) is 9.26. The molecule has 0 aliphatic carbocycles. The molecule has 120 valence electrons. The average Bonchev–Trinajstić information content (AvgIpc) is 2.89. The van der Waals surface area contributed by atoms with Crippen LogP contribution in [0.2, 0.25) is 0 Å². The summed E-state index contributed by atoms with van der Waals surface area (Å²) in [5, 5.41) is 1.75. The number of hydrogen-bond donors (Lipinski definition) is 0. The molecule has 0 bridgehead atoms. The molecule has 0 saturated heterocycles. The average molecular weight is 335 g/mol. The Bertz CT molecular complexity index is 1170.